The van der Waals surface area contributed by atoms with Gasteiger partial charge in [-0.2, -0.15) is 0 Å². The number of aromatic nitrogens is 2. The average molecular weight is 410 g/mol. The summed E-state index contributed by atoms with van der Waals surface area (Å²) in [6, 6.07) is 11.6. The van der Waals surface area contributed by atoms with Crippen molar-refractivity contribution in [1.82, 2.24) is 14.9 Å². The van der Waals surface area contributed by atoms with Gasteiger partial charge in [0.05, 0.1) is 0 Å². The van der Waals surface area contributed by atoms with E-state index in [0.717, 1.165) is 11.1 Å². The Bertz CT molecular complexity index is 1030. The third kappa shape index (κ3) is 4.87. The number of ether oxygens (including phenoxy) is 1. The summed E-state index contributed by atoms with van der Waals surface area (Å²) in [4.78, 5) is 17.3. The van der Waals surface area contributed by atoms with E-state index in [-0.39, 0.29) is 11.7 Å². The van der Waals surface area contributed by atoms with Crippen molar-refractivity contribution in [3.63, 3.8) is 0 Å². The lowest BCUT2D eigenvalue weighted by atomic mass is 10.0. The van der Waals surface area contributed by atoms with E-state index in [1.54, 1.807) is 36.0 Å². The largest absolute Gasteiger partial charge is 0.481 e. The second-order valence-corrected chi connectivity index (χ2v) is 7.83. The van der Waals surface area contributed by atoms with Crippen molar-refractivity contribution in [2.45, 2.75) is 45.8 Å². The molecule has 2 atom stereocenters. The second kappa shape index (κ2) is 9.11. The minimum Gasteiger partial charge on any atom is -0.481 e. The van der Waals surface area contributed by atoms with E-state index >= 15 is 0 Å². The molecule has 1 N–H and O–H groups in total. The van der Waals surface area contributed by atoms with Crippen LogP contribution in [0.25, 0.3) is 0 Å². The van der Waals surface area contributed by atoms with Gasteiger partial charge in [0.15, 0.2) is 6.10 Å². The number of hydrogen-bond acceptors (Lipinski definition) is 3. The third-order valence-electron chi connectivity index (χ3n) is 5.14. The molecule has 3 aromatic rings. The standard InChI is InChI=1S/C24H28FN3O2/c1-15(2)18-10-9-16(3)21(14-18)30-17(4)24(29)27-22(23-26-11-12-28(23)5)19-7-6-8-20(25)13-19/h6-15,17,22H,1-5H3,(H,27,29). The first-order valence-electron chi connectivity index (χ1n) is 10.1. The van der Waals surface area contributed by atoms with Gasteiger partial charge >= 0.3 is 0 Å². The maximum absolute atomic E-state index is 13.8. The number of nitrogens with one attached hydrogen (secondary N) is 1. The van der Waals surface area contributed by atoms with Crippen LogP contribution in [0.3, 0.4) is 0 Å². The summed E-state index contributed by atoms with van der Waals surface area (Å²) in [7, 11) is 1.83. The van der Waals surface area contributed by atoms with Crippen molar-refractivity contribution in [2.24, 2.45) is 7.05 Å². The molecule has 1 heterocycles. The molecule has 0 saturated carbocycles. The fraction of sp³-hybridized carbons (Fsp3) is 0.333. The Morgan fingerprint density at radius 1 is 1.13 bits per heavy atom. The minimum atomic E-state index is -0.734. The zero-order valence-electron chi connectivity index (χ0n) is 18.0. The fourth-order valence-electron chi connectivity index (χ4n) is 3.24. The zero-order chi connectivity index (χ0) is 21.8. The highest BCUT2D eigenvalue weighted by Gasteiger charge is 2.25. The maximum atomic E-state index is 13.8. The van der Waals surface area contributed by atoms with Crippen molar-refractivity contribution in [3.05, 3.63) is 83.2 Å². The van der Waals surface area contributed by atoms with Crippen molar-refractivity contribution >= 4 is 5.91 Å². The van der Waals surface area contributed by atoms with Crippen molar-refractivity contribution in [3.8, 4) is 5.75 Å². The fourth-order valence-corrected chi connectivity index (χ4v) is 3.24. The first-order chi connectivity index (χ1) is 14.3. The Morgan fingerprint density at radius 2 is 1.90 bits per heavy atom. The molecule has 0 fully saturated rings. The Balaban J connectivity index is 1.82. The number of benzene rings is 2. The quantitative estimate of drug-likeness (QED) is 0.617. The molecule has 0 spiro atoms. The predicted molar refractivity (Wildman–Crippen MR) is 115 cm³/mol. The molecule has 3 rings (SSSR count). The monoisotopic (exact) mass is 409 g/mol. The number of carbonyl (C=O) groups excluding carboxylic acids is 1. The highest BCUT2D eigenvalue weighted by molar-refractivity contribution is 5.81. The normalized spacial score (nSPS) is 13.2. The maximum Gasteiger partial charge on any atom is 0.261 e. The highest BCUT2D eigenvalue weighted by atomic mass is 19.1. The summed E-state index contributed by atoms with van der Waals surface area (Å²) in [5.74, 6) is 0.980. The van der Waals surface area contributed by atoms with Gasteiger partial charge in [-0.3, -0.25) is 4.79 Å². The van der Waals surface area contributed by atoms with Crippen LogP contribution >= 0.6 is 0 Å². The molecule has 0 aliphatic heterocycles. The van der Waals surface area contributed by atoms with E-state index in [4.69, 9.17) is 4.74 Å². The molecule has 5 nitrogen and oxygen atoms in total. The molecular weight excluding hydrogens is 381 g/mol. The topological polar surface area (TPSA) is 56.1 Å². The van der Waals surface area contributed by atoms with Gasteiger partial charge in [0.25, 0.3) is 5.91 Å². The van der Waals surface area contributed by atoms with Gasteiger partial charge in [-0.15, -0.1) is 0 Å². The van der Waals surface area contributed by atoms with Gasteiger partial charge in [-0.05, 0) is 54.7 Å². The molecule has 0 aliphatic carbocycles. The van der Waals surface area contributed by atoms with Gasteiger partial charge in [0.1, 0.15) is 23.4 Å². The number of carbonyl (C=O) groups is 1. The zero-order valence-corrected chi connectivity index (χ0v) is 18.0. The summed E-state index contributed by atoms with van der Waals surface area (Å²) in [5, 5.41) is 2.97. The predicted octanol–water partition coefficient (Wildman–Crippen LogP) is 4.66. The summed E-state index contributed by atoms with van der Waals surface area (Å²) in [5.41, 5.74) is 2.72. The average Bonchev–Trinajstić information content (AvgIpc) is 3.12. The van der Waals surface area contributed by atoms with Crippen LogP contribution in [-0.2, 0) is 11.8 Å². The van der Waals surface area contributed by atoms with Crippen molar-refractivity contribution in [1.29, 1.82) is 0 Å². The molecule has 0 aliphatic rings. The molecule has 2 unspecified atom stereocenters. The van der Waals surface area contributed by atoms with Gasteiger partial charge < -0.3 is 14.6 Å². The smallest absolute Gasteiger partial charge is 0.261 e. The number of halogens is 1. The van der Waals surface area contributed by atoms with Gasteiger partial charge in [0, 0.05) is 19.4 Å². The Morgan fingerprint density at radius 3 is 2.53 bits per heavy atom. The number of aryl methyl sites for hydroxylation is 2. The summed E-state index contributed by atoms with van der Waals surface area (Å²) >= 11 is 0. The molecule has 158 valence electrons. The van der Waals surface area contributed by atoms with E-state index in [9.17, 15) is 9.18 Å². The number of rotatable bonds is 7. The molecule has 2 aromatic carbocycles. The van der Waals surface area contributed by atoms with E-state index in [2.05, 4.69) is 30.2 Å². The lowest BCUT2D eigenvalue weighted by Gasteiger charge is -2.23. The molecule has 1 aromatic heterocycles. The Labute approximate surface area is 176 Å². The van der Waals surface area contributed by atoms with E-state index in [0.29, 0.717) is 23.1 Å². The molecular formula is C24H28FN3O2. The summed E-state index contributed by atoms with van der Waals surface area (Å²) < 4.78 is 21.6. The van der Waals surface area contributed by atoms with Crippen LogP contribution in [0.2, 0.25) is 0 Å². The van der Waals surface area contributed by atoms with Crippen LogP contribution in [0.4, 0.5) is 4.39 Å². The lowest BCUT2D eigenvalue weighted by molar-refractivity contribution is -0.127. The molecule has 0 saturated heterocycles. The van der Waals surface area contributed by atoms with Crippen molar-refractivity contribution < 1.29 is 13.9 Å². The first kappa shape index (κ1) is 21.6. The summed E-state index contributed by atoms with van der Waals surface area (Å²) in [6.07, 6.45) is 2.70. The van der Waals surface area contributed by atoms with E-state index < -0.39 is 12.1 Å². The number of nitrogens with zero attached hydrogens (tertiary/aromatic N) is 2. The molecule has 0 radical (unpaired) electrons. The van der Waals surface area contributed by atoms with Gasteiger partial charge in [0.2, 0.25) is 0 Å². The van der Waals surface area contributed by atoms with Gasteiger partial charge in [-0.25, -0.2) is 9.37 Å². The highest BCUT2D eigenvalue weighted by Crippen LogP contribution is 2.26. The Kier molecular flexibility index (Phi) is 6.55. The van der Waals surface area contributed by atoms with Crippen LogP contribution < -0.4 is 10.1 Å². The lowest BCUT2D eigenvalue weighted by Crippen LogP contribution is -2.40. The first-order valence-corrected chi connectivity index (χ1v) is 10.1. The summed E-state index contributed by atoms with van der Waals surface area (Å²) in [6.45, 7) is 7.88. The molecule has 30 heavy (non-hydrogen) atoms. The van der Waals surface area contributed by atoms with Crippen LogP contribution in [0.1, 0.15) is 55.2 Å². The number of hydrogen-bond donors (Lipinski definition) is 1. The molecule has 0 bridgehead atoms. The third-order valence-corrected chi connectivity index (χ3v) is 5.14. The SMILES string of the molecule is Cc1ccc(C(C)C)cc1OC(C)C(=O)NC(c1cccc(F)c1)c1nccn1C. The minimum absolute atomic E-state index is 0.304. The molecule has 1 amide bonds. The second-order valence-electron chi connectivity index (χ2n) is 7.83. The van der Waals surface area contributed by atoms with Crippen molar-refractivity contribution in [2.75, 3.05) is 0 Å². The number of amides is 1. The number of imidazole rings is 1. The van der Waals surface area contributed by atoms with Crippen LogP contribution in [-0.4, -0.2) is 21.6 Å². The van der Waals surface area contributed by atoms with E-state index in [1.165, 1.54) is 12.1 Å². The Hall–Kier alpha value is -3.15. The van der Waals surface area contributed by atoms with Crippen LogP contribution in [0.15, 0.2) is 54.9 Å². The van der Waals surface area contributed by atoms with Crippen LogP contribution in [0, 0.1) is 12.7 Å². The van der Waals surface area contributed by atoms with Gasteiger partial charge in [-0.1, -0.05) is 38.1 Å². The molecule has 6 heteroatoms. The van der Waals surface area contributed by atoms with E-state index in [1.807, 2.05) is 26.1 Å². The van der Waals surface area contributed by atoms with Crippen LogP contribution in [0.5, 0.6) is 5.75 Å².